The van der Waals surface area contributed by atoms with Crippen molar-refractivity contribution in [2.75, 3.05) is 14.1 Å². The Kier molecular flexibility index (Phi) is 2.17. The van der Waals surface area contributed by atoms with Crippen molar-refractivity contribution in [3.05, 3.63) is 0 Å². The predicted molar refractivity (Wildman–Crippen MR) is 40.2 cm³/mol. The molecule has 1 rings (SSSR count). The summed E-state index contributed by atoms with van der Waals surface area (Å²) in [6.07, 6.45) is -4.37. The molecule has 2 amide bonds. The van der Waals surface area contributed by atoms with Gasteiger partial charge in [0.15, 0.2) is 0 Å². The lowest BCUT2D eigenvalue weighted by Crippen LogP contribution is -2.51. The monoisotopic (exact) mass is 196 g/mol. The maximum Gasteiger partial charge on any atom is 0.411 e. The standard InChI is InChI=1S/C7H11F3N2O/c1-12(2)5(13)11-6(3-4-6)7(8,9)10/h3-4H2,1-2H3,(H,11,13). The van der Waals surface area contributed by atoms with Gasteiger partial charge in [0.25, 0.3) is 0 Å². The van der Waals surface area contributed by atoms with Crippen molar-refractivity contribution in [2.45, 2.75) is 24.6 Å². The van der Waals surface area contributed by atoms with Gasteiger partial charge < -0.3 is 10.2 Å². The minimum atomic E-state index is -4.33. The topological polar surface area (TPSA) is 32.3 Å². The van der Waals surface area contributed by atoms with Crippen LogP contribution in [-0.2, 0) is 0 Å². The number of hydrogen-bond donors (Lipinski definition) is 1. The zero-order valence-electron chi connectivity index (χ0n) is 7.40. The van der Waals surface area contributed by atoms with Gasteiger partial charge in [-0.3, -0.25) is 0 Å². The molecule has 1 saturated carbocycles. The van der Waals surface area contributed by atoms with Crippen molar-refractivity contribution < 1.29 is 18.0 Å². The molecule has 6 heteroatoms. The number of hydrogen-bond acceptors (Lipinski definition) is 1. The van der Waals surface area contributed by atoms with Crippen LogP contribution in [0.4, 0.5) is 18.0 Å². The number of carbonyl (C=O) groups is 1. The molecule has 0 aromatic carbocycles. The first-order valence-corrected chi connectivity index (χ1v) is 3.85. The second kappa shape index (κ2) is 2.78. The fraction of sp³-hybridized carbons (Fsp3) is 0.857. The summed E-state index contributed by atoms with van der Waals surface area (Å²) >= 11 is 0. The fourth-order valence-corrected chi connectivity index (χ4v) is 0.921. The summed E-state index contributed by atoms with van der Waals surface area (Å²) in [5.41, 5.74) is -1.95. The maximum absolute atomic E-state index is 12.3. The largest absolute Gasteiger partial charge is 0.411 e. The van der Waals surface area contributed by atoms with E-state index in [2.05, 4.69) is 0 Å². The van der Waals surface area contributed by atoms with E-state index in [0.717, 1.165) is 4.90 Å². The van der Waals surface area contributed by atoms with Crippen molar-refractivity contribution in [3.8, 4) is 0 Å². The summed E-state index contributed by atoms with van der Waals surface area (Å²) in [4.78, 5) is 12.0. The predicted octanol–water partition coefficient (Wildman–Crippen LogP) is 1.35. The van der Waals surface area contributed by atoms with Crippen LogP contribution < -0.4 is 5.32 Å². The molecule has 1 aliphatic carbocycles. The van der Waals surface area contributed by atoms with Gasteiger partial charge in [0, 0.05) is 14.1 Å². The van der Waals surface area contributed by atoms with E-state index in [-0.39, 0.29) is 12.8 Å². The van der Waals surface area contributed by atoms with Crippen molar-refractivity contribution >= 4 is 6.03 Å². The van der Waals surface area contributed by atoms with Gasteiger partial charge in [0.2, 0.25) is 0 Å². The summed E-state index contributed by atoms with van der Waals surface area (Å²) in [7, 11) is 2.81. The molecule has 1 N–H and O–H groups in total. The summed E-state index contributed by atoms with van der Waals surface area (Å²) in [5.74, 6) is 0. The number of alkyl halides is 3. The highest BCUT2D eigenvalue weighted by atomic mass is 19.4. The lowest BCUT2D eigenvalue weighted by Gasteiger charge is -2.22. The number of amides is 2. The van der Waals surface area contributed by atoms with Crippen LogP contribution in [0.25, 0.3) is 0 Å². The van der Waals surface area contributed by atoms with Gasteiger partial charge in [-0.1, -0.05) is 0 Å². The molecule has 0 unspecified atom stereocenters. The van der Waals surface area contributed by atoms with Crippen molar-refractivity contribution in [1.82, 2.24) is 10.2 Å². The quantitative estimate of drug-likeness (QED) is 0.674. The van der Waals surface area contributed by atoms with Crippen LogP contribution in [0.3, 0.4) is 0 Å². The molecule has 0 saturated heterocycles. The van der Waals surface area contributed by atoms with Crippen LogP contribution in [0.2, 0.25) is 0 Å². The molecule has 13 heavy (non-hydrogen) atoms. The summed E-state index contributed by atoms with van der Waals surface area (Å²) in [6, 6.07) is -0.699. The van der Waals surface area contributed by atoms with Crippen LogP contribution in [0.1, 0.15) is 12.8 Å². The number of halogens is 3. The fourth-order valence-electron chi connectivity index (χ4n) is 0.921. The average Bonchev–Trinajstić information content (AvgIpc) is 2.66. The Labute approximate surface area is 73.9 Å². The van der Waals surface area contributed by atoms with E-state index in [9.17, 15) is 18.0 Å². The van der Waals surface area contributed by atoms with Crippen LogP contribution in [0.5, 0.6) is 0 Å². The second-order valence-electron chi connectivity index (χ2n) is 3.40. The molecule has 76 valence electrons. The molecule has 0 aromatic rings. The van der Waals surface area contributed by atoms with E-state index in [1.807, 2.05) is 5.32 Å². The first-order valence-electron chi connectivity index (χ1n) is 3.85. The van der Waals surface area contributed by atoms with E-state index in [1.165, 1.54) is 14.1 Å². The molecule has 0 heterocycles. The molecule has 0 atom stereocenters. The maximum atomic E-state index is 12.3. The van der Waals surface area contributed by atoms with Crippen LogP contribution in [-0.4, -0.2) is 36.7 Å². The van der Waals surface area contributed by atoms with E-state index >= 15 is 0 Å². The van der Waals surface area contributed by atoms with Gasteiger partial charge in [0.05, 0.1) is 0 Å². The van der Waals surface area contributed by atoms with Crippen molar-refractivity contribution in [1.29, 1.82) is 0 Å². The van der Waals surface area contributed by atoms with Gasteiger partial charge in [-0.05, 0) is 12.8 Å². The first-order chi connectivity index (χ1) is 5.78. The smallest absolute Gasteiger partial charge is 0.331 e. The van der Waals surface area contributed by atoms with Crippen molar-refractivity contribution in [2.24, 2.45) is 0 Å². The van der Waals surface area contributed by atoms with Gasteiger partial charge >= 0.3 is 12.2 Å². The molecule has 0 aliphatic heterocycles. The molecule has 0 spiro atoms. The highest BCUT2D eigenvalue weighted by molar-refractivity contribution is 5.75. The number of rotatable bonds is 1. The van der Waals surface area contributed by atoms with Gasteiger partial charge in [0.1, 0.15) is 5.54 Å². The molecular formula is C7H11F3N2O. The number of nitrogens with zero attached hydrogens (tertiary/aromatic N) is 1. The first kappa shape index (κ1) is 10.1. The molecule has 0 radical (unpaired) electrons. The lowest BCUT2D eigenvalue weighted by atomic mass is 10.2. The molecule has 0 aromatic heterocycles. The minimum Gasteiger partial charge on any atom is -0.331 e. The third kappa shape index (κ3) is 1.87. The van der Waals surface area contributed by atoms with E-state index in [0.29, 0.717) is 0 Å². The van der Waals surface area contributed by atoms with Crippen LogP contribution in [0, 0.1) is 0 Å². The van der Waals surface area contributed by atoms with E-state index in [1.54, 1.807) is 0 Å². The third-order valence-electron chi connectivity index (χ3n) is 2.05. The molecular weight excluding hydrogens is 185 g/mol. The van der Waals surface area contributed by atoms with Crippen LogP contribution in [0.15, 0.2) is 0 Å². The Balaban J connectivity index is 2.59. The highest BCUT2D eigenvalue weighted by Crippen LogP contribution is 2.48. The Morgan fingerprint density at radius 1 is 1.38 bits per heavy atom. The van der Waals surface area contributed by atoms with E-state index in [4.69, 9.17) is 0 Å². The Hall–Kier alpha value is -0.940. The Morgan fingerprint density at radius 2 is 1.85 bits per heavy atom. The summed E-state index contributed by atoms with van der Waals surface area (Å²) < 4.78 is 36.9. The number of urea groups is 1. The molecule has 0 bridgehead atoms. The SMILES string of the molecule is CN(C)C(=O)NC1(C(F)(F)F)CC1. The second-order valence-corrected chi connectivity index (χ2v) is 3.40. The van der Waals surface area contributed by atoms with E-state index < -0.39 is 17.7 Å². The third-order valence-corrected chi connectivity index (χ3v) is 2.05. The number of nitrogens with one attached hydrogen (secondary N) is 1. The normalized spacial score (nSPS) is 19.5. The van der Waals surface area contributed by atoms with Gasteiger partial charge in [-0.15, -0.1) is 0 Å². The van der Waals surface area contributed by atoms with Gasteiger partial charge in [-0.2, -0.15) is 13.2 Å². The average molecular weight is 196 g/mol. The molecule has 3 nitrogen and oxygen atoms in total. The Bertz CT molecular complexity index is 220. The highest BCUT2D eigenvalue weighted by Gasteiger charge is 2.64. The van der Waals surface area contributed by atoms with Gasteiger partial charge in [-0.25, -0.2) is 4.79 Å². The number of carbonyl (C=O) groups excluding carboxylic acids is 1. The van der Waals surface area contributed by atoms with Crippen LogP contribution >= 0.6 is 0 Å². The Morgan fingerprint density at radius 3 is 2.08 bits per heavy atom. The summed E-state index contributed by atoms with van der Waals surface area (Å²) in [6.45, 7) is 0. The molecule has 1 aliphatic rings. The van der Waals surface area contributed by atoms with Crippen molar-refractivity contribution in [3.63, 3.8) is 0 Å². The summed E-state index contributed by atoms with van der Waals surface area (Å²) in [5, 5.41) is 1.97. The molecule has 1 fully saturated rings. The zero-order valence-corrected chi connectivity index (χ0v) is 7.40. The lowest BCUT2D eigenvalue weighted by molar-refractivity contribution is -0.163. The zero-order chi connectivity index (χ0) is 10.3. The minimum absolute atomic E-state index is 0.0178.